The van der Waals surface area contributed by atoms with Gasteiger partial charge in [0.1, 0.15) is 0 Å². The van der Waals surface area contributed by atoms with Gasteiger partial charge in [-0.3, -0.25) is 0 Å². The summed E-state index contributed by atoms with van der Waals surface area (Å²) in [4.78, 5) is 2.07. The Morgan fingerprint density at radius 2 is 1.89 bits per heavy atom. The lowest BCUT2D eigenvalue weighted by atomic mass is 9.98. The second kappa shape index (κ2) is 7.39. The Morgan fingerprint density at radius 3 is 2.39 bits per heavy atom. The molecular formula is C15H26N2O. The molecule has 18 heavy (non-hydrogen) atoms. The Bertz CT molecular complexity index is 337. The fourth-order valence-electron chi connectivity index (χ4n) is 2.00. The van der Waals surface area contributed by atoms with Crippen LogP contribution in [0.4, 0.5) is 5.69 Å². The van der Waals surface area contributed by atoms with E-state index in [2.05, 4.69) is 43.0 Å². The van der Waals surface area contributed by atoms with Crippen molar-refractivity contribution in [2.45, 2.75) is 38.7 Å². The molecule has 0 aliphatic heterocycles. The maximum Gasteiger partial charge on any atom is 0.0726 e. The quantitative estimate of drug-likeness (QED) is 0.781. The second-order valence-corrected chi connectivity index (χ2v) is 5.01. The first-order valence-corrected chi connectivity index (χ1v) is 6.77. The van der Waals surface area contributed by atoms with Crippen LogP contribution in [0.3, 0.4) is 0 Å². The molecule has 0 amide bonds. The molecule has 1 aromatic rings. The van der Waals surface area contributed by atoms with Crippen molar-refractivity contribution < 1.29 is 5.11 Å². The van der Waals surface area contributed by atoms with Crippen LogP contribution in [0.2, 0.25) is 0 Å². The van der Waals surface area contributed by atoms with Crippen LogP contribution < -0.4 is 10.6 Å². The first-order valence-electron chi connectivity index (χ1n) is 6.77. The molecular weight excluding hydrogens is 224 g/mol. The third-order valence-corrected chi connectivity index (χ3v) is 3.50. The lowest BCUT2D eigenvalue weighted by Crippen LogP contribution is -2.30. The molecule has 0 heterocycles. The molecule has 0 spiro atoms. The molecule has 0 fully saturated rings. The largest absolute Gasteiger partial charge is 0.391 e. The monoisotopic (exact) mass is 250 g/mol. The van der Waals surface area contributed by atoms with Crippen LogP contribution in [0.1, 0.15) is 38.2 Å². The van der Waals surface area contributed by atoms with E-state index in [0.717, 1.165) is 12.1 Å². The van der Waals surface area contributed by atoms with Gasteiger partial charge in [-0.05, 0) is 43.0 Å². The van der Waals surface area contributed by atoms with Crippen molar-refractivity contribution >= 4 is 5.69 Å². The minimum Gasteiger partial charge on any atom is -0.391 e. The number of nitrogens with two attached hydrogens (primary N) is 1. The third kappa shape index (κ3) is 4.31. The Morgan fingerprint density at radius 1 is 1.28 bits per heavy atom. The molecule has 0 radical (unpaired) electrons. The first kappa shape index (κ1) is 15.0. The average molecular weight is 250 g/mol. The van der Waals surface area contributed by atoms with Crippen LogP contribution in [0.25, 0.3) is 0 Å². The summed E-state index contributed by atoms with van der Waals surface area (Å²) in [6, 6.07) is 8.60. The van der Waals surface area contributed by atoms with Crippen molar-refractivity contribution in [1.29, 1.82) is 0 Å². The molecule has 102 valence electrons. The smallest absolute Gasteiger partial charge is 0.0726 e. The lowest BCUT2D eigenvalue weighted by molar-refractivity contribution is 0.174. The molecule has 3 N–H and O–H groups in total. The van der Waals surface area contributed by atoms with E-state index in [-0.39, 0.29) is 6.10 Å². The zero-order valence-corrected chi connectivity index (χ0v) is 11.8. The van der Waals surface area contributed by atoms with E-state index < -0.39 is 0 Å². The van der Waals surface area contributed by atoms with Crippen LogP contribution >= 0.6 is 0 Å². The third-order valence-electron chi connectivity index (χ3n) is 3.50. The number of hydrogen-bond acceptors (Lipinski definition) is 3. The fraction of sp³-hybridized carbons (Fsp3) is 0.600. The van der Waals surface area contributed by atoms with Gasteiger partial charge in [0.05, 0.1) is 6.10 Å². The van der Waals surface area contributed by atoms with Crippen LogP contribution in [0.15, 0.2) is 24.3 Å². The van der Waals surface area contributed by atoms with Gasteiger partial charge in [0.15, 0.2) is 0 Å². The maximum absolute atomic E-state index is 9.74. The van der Waals surface area contributed by atoms with Gasteiger partial charge in [-0.1, -0.05) is 26.0 Å². The normalized spacial score (nSPS) is 14.3. The van der Waals surface area contributed by atoms with Crippen molar-refractivity contribution in [3.8, 4) is 0 Å². The Kier molecular flexibility index (Phi) is 6.16. The molecule has 3 nitrogen and oxygen atoms in total. The highest BCUT2D eigenvalue weighted by molar-refractivity contribution is 5.47. The van der Waals surface area contributed by atoms with E-state index in [1.54, 1.807) is 0 Å². The predicted octanol–water partition coefficient (Wildman–Crippen LogP) is 2.35. The van der Waals surface area contributed by atoms with Gasteiger partial charge in [-0.15, -0.1) is 0 Å². The summed E-state index contributed by atoms with van der Waals surface area (Å²) in [5.41, 5.74) is 7.94. The second-order valence-electron chi connectivity index (χ2n) is 5.01. The first-order chi connectivity index (χ1) is 8.58. The minimum atomic E-state index is -0.353. The number of nitrogens with zero attached hydrogens (tertiary/aromatic N) is 1. The highest BCUT2D eigenvalue weighted by Gasteiger charge is 2.09. The number of hydrogen-bond donors (Lipinski definition) is 2. The maximum atomic E-state index is 9.74. The van der Waals surface area contributed by atoms with Crippen molar-refractivity contribution in [2.75, 3.05) is 25.0 Å². The summed E-state index contributed by atoms with van der Waals surface area (Å²) < 4.78 is 0. The number of aliphatic hydroxyl groups is 1. The summed E-state index contributed by atoms with van der Waals surface area (Å²) in [6.07, 6.45) is 1.45. The fourth-order valence-corrected chi connectivity index (χ4v) is 2.00. The molecule has 0 saturated heterocycles. The van der Waals surface area contributed by atoms with Crippen molar-refractivity contribution in [3.63, 3.8) is 0 Å². The molecule has 0 aliphatic carbocycles. The van der Waals surface area contributed by atoms with Gasteiger partial charge in [-0.2, -0.15) is 0 Å². The van der Waals surface area contributed by atoms with Crippen LogP contribution in [-0.2, 0) is 0 Å². The summed E-state index contributed by atoms with van der Waals surface area (Å²) >= 11 is 0. The molecule has 1 aromatic carbocycles. The standard InChI is InChI=1S/C15H26N2O/c1-4-12(2)13-5-7-14(8-6-13)17(3)11-15(18)9-10-16/h5-8,12,15,18H,4,9-11,16H2,1-3H3. The number of anilines is 1. The Labute approximate surface area is 111 Å². The van der Waals surface area contributed by atoms with Gasteiger partial charge in [0, 0.05) is 19.3 Å². The molecule has 1 rings (SSSR count). The summed E-state index contributed by atoms with van der Waals surface area (Å²) in [7, 11) is 2.00. The molecule has 0 saturated carbocycles. The Balaban J connectivity index is 2.61. The number of aliphatic hydroxyl groups excluding tert-OH is 1. The number of likely N-dealkylation sites (N-methyl/N-ethyl adjacent to an activating group) is 1. The highest BCUT2D eigenvalue weighted by Crippen LogP contribution is 2.22. The van der Waals surface area contributed by atoms with Gasteiger partial charge in [0.25, 0.3) is 0 Å². The molecule has 0 bridgehead atoms. The van der Waals surface area contributed by atoms with Crippen LogP contribution in [-0.4, -0.2) is 31.3 Å². The van der Waals surface area contributed by atoms with E-state index in [9.17, 15) is 5.11 Å². The van der Waals surface area contributed by atoms with Crippen molar-refractivity contribution in [3.05, 3.63) is 29.8 Å². The van der Waals surface area contributed by atoms with E-state index in [0.29, 0.717) is 25.4 Å². The van der Waals surface area contributed by atoms with Gasteiger partial charge >= 0.3 is 0 Å². The zero-order valence-electron chi connectivity index (χ0n) is 11.8. The minimum absolute atomic E-state index is 0.353. The molecule has 2 atom stereocenters. The predicted molar refractivity (Wildman–Crippen MR) is 78.1 cm³/mol. The van der Waals surface area contributed by atoms with Gasteiger partial charge in [0.2, 0.25) is 0 Å². The van der Waals surface area contributed by atoms with Gasteiger partial charge < -0.3 is 15.7 Å². The Hall–Kier alpha value is -1.06. The molecule has 2 unspecified atom stereocenters. The molecule has 3 heteroatoms. The average Bonchev–Trinajstić information content (AvgIpc) is 2.38. The lowest BCUT2D eigenvalue weighted by Gasteiger charge is -2.23. The molecule has 0 aromatic heterocycles. The van der Waals surface area contributed by atoms with E-state index >= 15 is 0 Å². The number of rotatable bonds is 7. The molecule has 0 aliphatic rings. The number of benzene rings is 1. The van der Waals surface area contributed by atoms with Crippen LogP contribution in [0.5, 0.6) is 0 Å². The van der Waals surface area contributed by atoms with E-state index in [1.165, 1.54) is 5.56 Å². The summed E-state index contributed by atoms with van der Waals surface area (Å²) in [6.45, 7) is 5.60. The topological polar surface area (TPSA) is 49.5 Å². The summed E-state index contributed by atoms with van der Waals surface area (Å²) in [5, 5.41) is 9.74. The highest BCUT2D eigenvalue weighted by atomic mass is 16.3. The summed E-state index contributed by atoms with van der Waals surface area (Å²) in [5.74, 6) is 0.604. The van der Waals surface area contributed by atoms with Crippen LogP contribution in [0, 0.1) is 0 Å². The van der Waals surface area contributed by atoms with E-state index in [1.807, 2.05) is 7.05 Å². The zero-order chi connectivity index (χ0) is 13.5. The SMILES string of the molecule is CCC(C)c1ccc(N(C)CC(O)CCN)cc1. The van der Waals surface area contributed by atoms with Crippen molar-refractivity contribution in [2.24, 2.45) is 5.73 Å². The van der Waals surface area contributed by atoms with E-state index in [4.69, 9.17) is 5.73 Å². The van der Waals surface area contributed by atoms with Gasteiger partial charge in [-0.25, -0.2) is 0 Å². The van der Waals surface area contributed by atoms with Crippen molar-refractivity contribution in [1.82, 2.24) is 0 Å².